The van der Waals surface area contributed by atoms with Crippen molar-refractivity contribution in [3.05, 3.63) is 17.5 Å². The van der Waals surface area contributed by atoms with Crippen LogP contribution in [-0.2, 0) is 13.2 Å². The largest absolute Gasteiger partial charge is 0.433 e. The van der Waals surface area contributed by atoms with Crippen LogP contribution in [0.2, 0.25) is 0 Å². The number of aromatic nitrogens is 2. The third-order valence-electron chi connectivity index (χ3n) is 2.14. The lowest BCUT2D eigenvalue weighted by Gasteiger charge is -2.14. The molecule has 1 heterocycles. The van der Waals surface area contributed by atoms with Crippen LogP contribution < -0.4 is 5.32 Å². The zero-order chi connectivity index (χ0) is 10.9. The Kier molecular flexibility index (Phi) is 2.84. The molecular weight excluding hydrogens is 195 g/mol. The van der Waals surface area contributed by atoms with Gasteiger partial charge in [0.2, 0.25) is 0 Å². The first-order valence-corrected chi connectivity index (χ1v) is 4.14. The third-order valence-corrected chi connectivity index (χ3v) is 2.14. The number of halogens is 3. The van der Waals surface area contributed by atoms with E-state index in [1.54, 1.807) is 14.0 Å². The Morgan fingerprint density at radius 1 is 1.50 bits per heavy atom. The van der Waals surface area contributed by atoms with Gasteiger partial charge in [-0.1, -0.05) is 0 Å². The molecule has 6 heteroatoms. The summed E-state index contributed by atoms with van der Waals surface area (Å²) in [4.78, 5) is 0. The molecule has 0 amide bonds. The third kappa shape index (κ3) is 1.89. The van der Waals surface area contributed by atoms with Gasteiger partial charge in [0.25, 0.3) is 0 Å². The minimum Gasteiger partial charge on any atom is -0.313 e. The highest BCUT2D eigenvalue weighted by molar-refractivity contribution is 5.23. The molecule has 0 saturated carbocycles. The zero-order valence-corrected chi connectivity index (χ0v) is 8.18. The molecule has 0 aliphatic carbocycles. The van der Waals surface area contributed by atoms with E-state index < -0.39 is 11.9 Å². The van der Waals surface area contributed by atoms with Gasteiger partial charge >= 0.3 is 6.18 Å². The van der Waals surface area contributed by atoms with Crippen molar-refractivity contribution in [3.63, 3.8) is 0 Å². The average Bonchev–Trinajstić information content (AvgIpc) is 2.44. The summed E-state index contributed by atoms with van der Waals surface area (Å²) < 4.78 is 38.5. The van der Waals surface area contributed by atoms with Gasteiger partial charge in [-0.2, -0.15) is 18.3 Å². The Morgan fingerprint density at radius 3 is 2.50 bits per heavy atom. The van der Waals surface area contributed by atoms with Gasteiger partial charge < -0.3 is 5.32 Å². The van der Waals surface area contributed by atoms with Gasteiger partial charge in [0.1, 0.15) is 5.69 Å². The quantitative estimate of drug-likeness (QED) is 0.800. The highest BCUT2D eigenvalue weighted by Crippen LogP contribution is 2.33. The van der Waals surface area contributed by atoms with Crippen molar-refractivity contribution in [3.8, 4) is 0 Å². The molecule has 1 aromatic heterocycles. The van der Waals surface area contributed by atoms with Crippen LogP contribution in [0.15, 0.2) is 6.20 Å². The summed E-state index contributed by atoms with van der Waals surface area (Å²) >= 11 is 0. The Morgan fingerprint density at radius 2 is 2.07 bits per heavy atom. The molecule has 0 aliphatic heterocycles. The van der Waals surface area contributed by atoms with Crippen LogP contribution in [-0.4, -0.2) is 16.8 Å². The lowest BCUT2D eigenvalue weighted by Crippen LogP contribution is -2.19. The van der Waals surface area contributed by atoms with E-state index in [9.17, 15) is 13.2 Å². The van der Waals surface area contributed by atoms with E-state index in [1.807, 2.05) is 0 Å². The van der Waals surface area contributed by atoms with E-state index in [2.05, 4.69) is 10.4 Å². The van der Waals surface area contributed by atoms with Gasteiger partial charge in [0.05, 0.1) is 6.20 Å². The first-order chi connectivity index (χ1) is 6.38. The van der Waals surface area contributed by atoms with Crippen molar-refractivity contribution >= 4 is 0 Å². The molecule has 0 radical (unpaired) electrons. The maximum atomic E-state index is 12.6. The molecule has 1 atom stereocenters. The van der Waals surface area contributed by atoms with E-state index in [0.29, 0.717) is 0 Å². The molecule has 80 valence electrons. The second kappa shape index (κ2) is 3.61. The van der Waals surface area contributed by atoms with E-state index in [1.165, 1.54) is 13.2 Å². The molecule has 1 aromatic rings. The van der Waals surface area contributed by atoms with Gasteiger partial charge in [-0.15, -0.1) is 0 Å². The van der Waals surface area contributed by atoms with Crippen LogP contribution in [0.4, 0.5) is 13.2 Å². The fourth-order valence-corrected chi connectivity index (χ4v) is 1.27. The van der Waals surface area contributed by atoms with Crippen molar-refractivity contribution < 1.29 is 13.2 Å². The van der Waals surface area contributed by atoms with E-state index in [-0.39, 0.29) is 11.6 Å². The number of nitrogens with one attached hydrogen (secondary N) is 1. The molecule has 0 bridgehead atoms. The Balaban J connectivity index is 3.19. The molecule has 0 saturated heterocycles. The molecule has 0 fully saturated rings. The predicted molar refractivity (Wildman–Crippen MR) is 45.7 cm³/mol. The zero-order valence-electron chi connectivity index (χ0n) is 8.18. The molecule has 1 N–H and O–H groups in total. The lowest BCUT2D eigenvalue weighted by molar-refractivity contribution is -0.144. The molecule has 0 spiro atoms. The summed E-state index contributed by atoms with van der Waals surface area (Å²) in [7, 11) is 2.90. The van der Waals surface area contributed by atoms with Crippen LogP contribution in [0.25, 0.3) is 0 Å². The highest BCUT2D eigenvalue weighted by Gasteiger charge is 2.38. The van der Waals surface area contributed by atoms with Crippen LogP contribution >= 0.6 is 0 Å². The number of rotatable bonds is 2. The van der Waals surface area contributed by atoms with Crippen LogP contribution in [0.3, 0.4) is 0 Å². The van der Waals surface area contributed by atoms with E-state index in [4.69, 9.17) is 0 Å². The van der Waals surface area contributed by atoms with Crippen LogP contribution in [0.1, 0.15) is 24.2 Å². The monoisotopic (exact) mass is 207 g/mol. The van der Waals surface area contributed by atoms with Crippen molar-refractivity contribution in [1.82, 2.24) is 15.1 Å². The number of hydrogen-bond acceptors (Lipinski definition) is 2. The lowest BCUT2D eigenvalue weighted by atomic mass is 10.1. The molecular formula is C8H12F3N3. The molecule has 3 nitrogen and oxygen atoms in total. The Labute approximate surface area is 79.9 Å². The van der Waals surface area contributed by atoms with Crippen molar-refractivity contribution in [2.45, 2.75) is 19.1 Å². The van der Waals surface area contributed by atoms with Crippen molar-refractivity contribution in [2.24, 2.45) is 7.05 Å². The van der Waals surface area contributed by atoms with Gasteiger partial charge in [-0.25, -0.2) is 0 Å². The molecule has 14 heavy (non-hydrogen) atoms. The molecule has 0 aliphatic rings. The summed E-state index contributed by atoms with van der Waals surface area (Å²) in [5.41, 5.74) is -0.526. The van der Waals surface area contributed by atoms with E-state index >= 15 is 0 Å². The minimum atomic E-state index is -4.36. The Hall–Kier alpha value is -1.04. The first kappa shape index (κ1) is 11.0. The summed E-state index contributed by atoms with van der Waals surface area (Å²) in [6, 6.07) is -0.361. The molecule has 1 rings (SSSR count). The fraction of sp³-hybridized carbons (Fsp3) is 0.625. The number of aryl methyl sites for hydroxylation is 1. The van der Waals surface area contributed by atoms with Crippen molar-refractivity contribution in [1.29, 1.82) is 0 Å². The number of nitrogens with zero attached hydrogens (tertiary/aromatic N) is 2. The second-order valence-corrected chi connectivity index (χ2v) is 3.08. The summed E-state index contributed by atoms with van der Waals surface area (Å²) in [5.74, 6) is 0. The summed E-state index contributed by atoms with van der Waals surface area (Å²) in [6.45, 7) is 1.66. The van der Waals surface area contributed by atoms with Gasteiger partial charge in [-0.05, 0) is 14.0 Å². The molecule has 0 aromatic carbocycles. The van der Waals surface area contributed by atoms with E-state index in [0.717, 1.165) is 4.68 Å². The summed E-state index contributed by atoms with van der Waals surface area (Å²) in [6.07, 6.45) is -3.12. The second-order valence-electron chi connectivity index (χ2n) is 3.08. The maximum Gasteiger partial charge on any atom is 0.433 e. The average molecular weight is 207 g/mol. The normalized spacial score (nSPS) is 14.4. The predicted octanol–water partition coefficient (Wildman–Crippen LogP) is 1.72. The standard InChI is InChI=1S/C8H12F3N3/c1-5(12-2)6-4-13-14(3)7(6)8(9,10)11/h4-5,12H,1-3H3. The van der Waals surface area contributed by atoms with Gasteiger partial charge in [0, 0.05) is 18.7 Å². The maximum absolute atomic E-state index is 12.6. The Bertz CT molecular complexity index is 316. The molecule has 1 unspecified atom stereocenters. The topological polar surface area (TPSA) is 29.9 Å². The van der Waals surface area contributed by atoms with Gasteiger partial charge in [-0.3, -0.25) is 4.68 Å². The van der Waals surface area contributed by atoms with Crippen molar-refractivity contribution in [2.75, 3.05) is 7.05 Å². The van der Waals surface area contributed by atoms with Crippen LogP contribution in [0.5, 0.6) is 0 Å². The fourth-order valence-electron chi connectivity index (χ4n) is 1.27. The number of alkyl halides is 3. The van der Waals surface area contributed by atoms with Gasteiger partial charge in [0.15, 0.2) is 0 Å². The first-order valence-electron chi connectivity index (χ1n) is 4.14. The minimum absolute atomic E-state index is 0.169. The smallest absolute Gasteiger partial charge is 0.313 e. The SMILES string of the molecule is CNC(C)c1cnn(C)c1C(F)(F)F. The summed E-state index contributed by atoms with van der Waals surface area (Å²) in [5, 5.41) is 6.36. The van der Waals surface area contributed by atoms with Crippen LogP contribution in [0, 0.1) is 0 Å². The number of hydrogen-bond donors (Lipinski definition) is 1. The highest BCUT2D eigenvalue weighted by atomic mass is 19.4.